The van der Waals surface area contributed by atoms with Crippen LogP contribution in [0.2, 0.25) is 0 Å². The topological polar surface area (TPSA) is 60.1 Å². The Morgan fingerprint density at radius 1 is 1.16 bits per heavy atom. The van der Waals surface area contributed by atoms with Crippen molar-refractivity contribution in [1.29, 1.82) is 0 Å². The van der Waals surface area contributed by atoms with E-state index in [0.29, 0.717) is 25.0 Å². The molecule has 3 atom stereocenters. The maximum atomic E-state index is 13.8. The molecule has 1 amide bonds. The number of benzene rings is 1. The van der Waals surface area contributed by atoms with E-state index in [0.717, 1.165) is 20.2 Å². The predicted molar refractivity (Wildman–Crippen MR) is 95.3 cm³/mol. The van der Waals surface area contributed by atoms with E-state index in [2.05, 4.69) is 5.10 Å². The average Bonchev–Trinajstić information content (AvgIpc) is 3.19. The highest BCUT2D eigenvalue weighted by atomic mass is 19.4. The van der Waals surface area contributed by atoms with Gasteiger partial charge in [0.05, 0.1) is 25.2 Å². The van der Waals surface area contributed by atoms with Gasteiger partial charge in [0.15, 0.2) is 12.3 Å². The second kappa shape index (κ2) is 7.72. The number of carbonyl (C=O) groups is 1. The Hall–Kier alpha value is -2.79. The number of rotatable bonds is 3. The summed E-state index contributed by atoms with van der Waals surface area (Å²) in [6, 6.07) is 1.36. The van der Waals surface area contributed by atoms with Crippen molar-refractivity contribution in [1.82, 2.24) is 19.2 Å². The molecular formula is C19H18F6N4O2. The van der Waals surface area contributed by atoms with Crippen LogP contribution in [0.25, 0.3) is 0 Å². The van der Waals surface area contributed by atoms with Crippen LogP contribution in [0.4, 0.5) is 26.3 Å². The summed E-state index contributed by atoms with van der Waals surface area (Å²) in [5.41, 5.74) is -2.02. The first kappa shape index (κ1) is 21.4. The molecule has 0 saturated carbocycles. The number of fused-ring (bicyclic) bond motifs is 1. The SMILES string of the molecule is O=C([C@@H]1CCCc2nn(Cc3ccc(C(F)(F)F)c(F)c3)c(=O)n21)N1CC(F)[C@H](F)C1. The molecule has 6 nitrogen and oxygen atoms in total. The van der Waals surface area contributed by atoms with Crippen LogP contribution in [-0.2, 0) is 23.9 Å². The van der Waals surface area contributed by atoms with Crippen LogP contribution in [0.5, 0.6) is 0 Å². The van der Waals surface area contributed by atoms with Gasteiger partial charge >= 0.3 is 11.9 Å². The number of nitrogens with zero attached hydrogens (tertiary/aromatic N) is 4. The molecule has 1 aromatic heterocycles. The molecule has 3 heterocycles. The molecule has 31 heavy (non-hydrogen) atoms. The summed E-state index contributed by atoms with van der Waals surface area (Å²) in [6.07, 6.45) is -7.20. The van der Waals surface area contributed by atoms with Crippen LogP contribution in [0.1, 0.15) is 35.8 Å². The van der Waals surface area contributed by atoms with Gasteiger partial charge in [0.2, 0.25) is 5.91 Å². The van der Waals surface area contributed by atoms with E-state index in [9.17, 15) is 35.9 Å². The smallest absolute Gasteiger partial charge is 0.335 e. The number of carbonyl (C=O) groups excluding carboxylic acids is 1. The van der Waals surface area contributed by atoms with Gasteiger partial charge in [0, 0.05) is 6.42 Å². The molecule has 0 radical (unpaired) electrons. The van der Waals surface area contributed by atoms with Crippen molar-refractivity contribution < 1.29 is 31.1 Å². The van der Waals surface area contributed by atoms with E-state index < -0.39 is 47.5 Å². The summed E-state index contributed by atoms with van der Waals surface area (Å²) in [6.45, 7) is -1.07. The molecule has 2 aromatic rings. The molecule has 1 saturated heterocycles. The molecule has 2 aliphatic heterocycles. The average molecular weight is 448 g/mol. The van der Waals surface area contributed by atoms with Crippen molar-refractivity contribution in [3.8, 4) is 0 Å². The van der Waals surface area contributed by atoms with Crippen molar-refractivity contribution in [2.45, 2.75) is 50.4 Å². The Labute approximate surface area is 172 Å². The van der Waals surface area contributed by atoms with Crippen molar-refractivity contribution in [2.75, 3.05) is 13.1 Å². The zero-order valence-corrected chi connectivity index (χ0v) is 16.1. The standard InChI is InChI=1S/C19H18F6N4O2/c20-12-6-10(4-5-11(12)19(23,24)25)7-28-18(31)29-15(2-1-3-16(29)26-28)17(30)27-8-13(21)14(22)9-27/h4-6,13-15H,1-3,7-9H2/t13-,14?,15+/m1/s1. The summed E-state index contributed by atoms with van der Waals surface area (Å²) in [5.74, 6) is -1.76. The van der Waals surface area contributed by atoms with E-state index in [1.165, 1.54) is 0 Å². The second-order valence-corrected chi connectivity index (χ2v) is 7.72. The van der Waals surface area contributed by atoms with Gasteiger partial charge in [-0.1, -0.05) is 6.07 Å². The third-order valence-electron chi connectivity index (χ3n) is 5.58. The predicted octanol–water partition coefficient (Wildman–Crippen LogP) is 2.65. The molecule has 12 heteroatoms. The van der Waals surface area contributed by atoms with Crippen LogP contribution in [0.3, 0.4) is 0 Å². The first-order chi connectivity index (χ1) is 14.6. The van der Waals surface area contributed by atoms with E-state index in [1.807, 2.05) is 0 Å². The fourth-order valence-corrected chi connectivity index (χ4v) is 4.04. The Bertz CT molecular complexity index is 1050. The molecule has 0 N–H and O–H groups in total. The van der Waals surface area contributed by atoms with Crippen molar-refractivity contribution in [3.05, 3.63) is 51.5 Å². The van der Waals surface area contributed by atoms with Crippen molar-refractivity contribution in [2.24, 2.45) is 0 Å². The Balaban J connectivity index is 1.60. The van der Waals surface area contributed by atoms with Crippen LogP contribution in [0.15, 0.2) is 23.0 Å². The minimum atomic E-state index is -4.84. The number of hydrogen-bond donors (Lipinski definition) is 0. The molecule has 168 valence electrons. The van der Waals surface area contributed by atoms with Gasteiger partial charge in [-0.2, -0.15) is 18.3 Å². The minimum Gasteiger partial charge on any atom is -0.335 e. The molecular weight excluding hydrogens is 430 g/mol. The molecule has 0 bridgehead atoms. The van der Waals surface area contributed by atoms with Gasteiger partial charge < -0.3 is 4.90 Å². The molecule has 2 aliphatic rings. The highest BCUT2D eigenvalue weighted by Gasteiger charge is 2.40. The van der Waals surface area contributed by atoms with Crippen molar-refractivity contribution >= 4 is 5.91 Å². The molecule has 0 aliphatic carbocycles. The zero-order chi connectivity index (χ0) is 22.5. The number of alkyl halides is 5. The number of aromatic nitrogens is 3. The van der Waals surface area contributed by atoms with Gasteiger partial charge in [-0.25, -0.2) is 22.6 Å². The molecule has 0 spiro atoms. The number of hydrogen-bond acceptors (Lipinski definition) is 3. The Kier molecular flexibility index (Phi) is 5.34. The van der Waals surface area contributed by atoms with E-state index in [4.69, 9.17) is 0 Å². The summed E-state index contributed by atoms with van der Waals surface area (Å²) in [7, 11) is 0. The normalized spacial score (nSPS) is 23.8. The Morgan fingerprint density at radius 3 is 2.45 bits per heavy atom. The fourth-order valence-electron chi connectivity index (χ4n) is 4.04. The lowest BCUT2D eigenvalue weighted by molar-refractivity contribution is -0.140. The largest absolute Gasteiger partial charge is 0.419 e. The minimum absolute atomic E-state index is 0.0889. The molecule has 1 aromatic carbocycles. The number of aryl methyl sites for hydroxylation is 1. The van der Waals surface area contributed by atoms with E-state index in [1.54, 1.807) is 0 Å². The summed E-state index contributed by atoms with van der Waals surface area (Å²) < 4.78 is 81.1. The van der Waals surface area contributed by atoms with Gasteiger partial charge in [-0.15, -0.1) is 0 Å². The number of likely N-dealkylation sites (tertiary alicyclic amines) is 1. The van der Waals surface area contributed by atoms with Crippen LogP contribution >= 0.6 is 0 Å². The maximum absolute atomic E-state index is 13.8. The van der Waals surface area contributed by atoms with Gasteiger partial charge in [0.1, 0.15) is 17.7 Å². The highest BCUT2D eigenvalue weighted by Crippen LogP contribution is 2.32. The first-order valence-corrected chi connectivity index (χ1v) is 9.67. The number of halogens is 6. The maximum Gasteiger partial charge on any atom is 0.419 e. The lowest BCUT2D eigenvalue weighted by atomic mass is 10.0. The van der Waals surface area contributed by atoms with Gasteiger partial charge in [-0.05, 0) is 30.5 Å². The zero-order valence-electron chi connectivity index (χ0n) is 16.1. The van der Waals surface area contributed by atoms with Crippen LogP contribution in [0, 0.1) is 5.82 Å². The molecule has 1 unspecified atom stereocenters. The third kappa shape index (κ3) is 3.94. The van der Waals surface area contributed by atoms with Crippen molar-refractivity contribution in [3.63, 3.8) is 0 Å². The number of amides is 1. The van der Waals surface area contributed by atoms with Gasteiger partial charge in [0.25, 0.3) is 0 Å². The summed E-state index contributed by atoms with van der Waals surface area (Å²) >= 11 is 0. The molecule has 4 rings (SSSR count). The van der Waals surface area contributed by atoms with E-state index in [-0.39, 0.29) is 37.4 Å². The second-order valence-electron chi connectivity index (χ2n) is 7.72. The molecule has 1 fully saturated rings. The monoisotopic (exact) mass is 448 g/mol. The fraction of sp³-hybridized carbons (Fsp3) is 0.526. The lowest BCUT2D eigenvalue weighted by Gasteiger charge is -2.26. The van der Waals surface area contributed by atoms with E-state index >= 15 is 0 Å². The first-order valence-electron chi connectivity index (χ1n) is 9.67. The Morgan fingerprint density at radius 2 is 1.84 bits per heavy atom. The quantitative estimate of drug-likeness (QED) is 0.679. The summed E-state index contributed by atoms with van der Waals surface area (Å²) in [5, 5.41) is 4.14. The van der Waals surface area contributed by atoms with Crippen LogP contribution < -0.4 is 5.69 Å². The lowest BCUT2D eigenvalue weighted by Crippen LogP contribution is -2.42. The van der Waals surface area contributed by atoms with Crippen LogP contribution in [-0.4, -0.2) is 50.6 Å². The van der Waals surface area contributed by atoms with Gasteiger partial charge in [-0.3, -0.25) is 9.36 Å². The third-order valence-corrected chi connectivity index (χ3v) is 5.58. The summed E-state index contributed by atoms with van der Waals surface area (Å²) in [4.78, 5) is 26.7. The highest BCUT2D eigenvalue weighted by molar-refractivity contribution is 5.81.